The Morgan fingerprint density at radius 1 is 1.33 bits per heavy atom. The molecule has 15 heavy (non-hydrogen) atoms. The van der Waals surface area contributed by atoms with Crippen molar-refractivity contribution < 1.29 is 4.74 Å². The zero-order valence-electron chi connectivity index (χ0n) is 8.79. The van der Waals surface area contributed by atoms with Gasteiger partial charge in [-0.25, -0.2) is 0 Å². The predicted molar refractivity (Wildman–Crippen MR) is 63.9 cm³/mol. The van der Waals surface area contributed by atoms with Crippen LogP contribution in [0, 0.1) is 0 Å². The number of anilines is 2. The molecule has 2 N–H and O–H groups in total. The summed E-state index contributed by atoms with van der Waals surface area (Å²) in [5.74, 6) is 0.688. The van der Waals surface area contributed by atoms with E-state index in [4.69, 9.17) is 22.1 Å². The van der Waals surface area contributed by atoms with Gasteiger partial charge in [0.1, 0.15) is 5.75 Å². The highest BCUT2D eigenvalue weighted by Crippen LogP contribution is 2.36. The van der Waals surface area contributed by atoms with Crippen LogP contribution >= 0.6 is 11.6 Å². The van der Waals surface area contributed by atoms with E-state index < -0.39 is 0 Å². The summed E-state index contributed by atoms with van der Waals surface area (Å²) in [7, 11) is 1.62. The highest BCUT2D eigenvalue weighted by Gasteiger charge is 2.16. The van der Waals surface area contributed by atoms with Gasteiger partial charge in [0.15, 0.2) is 0 Å². The number of ether oxygens (including phenoxy) is 1. The number of nitrogen functional groups attached to an aromatic ring is 1. The Kier molecular flexibility index (Phi) is 2.91. The Bertz CT molecular complexity index is 362. The molecule has 0 spiro atoms. The third kappa shape index (κ3) is 1.97. The molecule has 0 amide bonds. The third-order valence-corrected chi connectivity index (χ3v) is 3.04. The minimum absolute atomic E-state index is 0.568. The highest BCUT2D eigenvalue weighted by molar-refractivity contribution is 6.32. The number of methoxy groups -OCH3 is 1. The number of hydrogen-bond acceptors (Lipinski definition) is 3. The van der Waals surface area contributed by atoms with E-state index in [-0.39, 0.29) is 0 Å². The lowest BCUT2D eigenvalue weighted by Gasteiger charge is -2.20. The molecule has 3 nitrogen and oxygen atoms in total. The van der Waals surface area contributed by atoms with E-state index in [9.17, 15) is 0 Å². The fraction of sp³-hybridized carbons (Fsp3) is 0.455. The van der Waals surface area contributed by atoms with Gasteiger partial charge in [-0.2, -0.15) is 0 Å². The third-order valence-electron chi connectivity index (χ3n) is 2.75. The summed E-state index contributed by atoms with van der Waals surface area (Å²) in [4.78, 5) is 2.27. The SMILES string of the molecule is COc1cc(N2CCCC2)c(N)cc1Cl. The summed E-state index contributed by atoms with van der Waals surface area (Å²) in [5.41, 5.74) is 7.70. The number of halogens is 1. The molecule has 1 saturated heterocycles. The molecule has 0 saturated carbocycles. The summed E-state index contributed by atoms with van der Waals surface area (Å²) in [6.45, 7) is 2.13. The molecule has 1 aromatic rings. The molecule has 1 aliphatic heterocycles. The van der Waals surface area contributed by atoms with Crippen LogP contribution in [0.1, 0.15) is 12.8 Å². The highest BCUT2D eigenvalue weighted by atomic mass is 35.5. The second-order valence-electron chi connectivity index (χ2n) is 3.74. The number of nitrogens with two attached hydrogens (primary N) is 1. The smallest absolute Gasteiger partial charge is 0.139 e. The molecule has 82 valence electrons. The standard InChI is InChI=1S/C11H15ClN2O/c1-15-11-7-10(9(13)6-8(11)12)14-4-2-3-5-14/h6-7H,2-5,13H2,1H3. The van der Waals surface area contributed by atoms with Crippen LogP contribution in [-0.2, 0) is 0 Å². The number of benzene rings is 1. The Hall–Kier alpha value is -1.09. The second kappa shape index (κ2) is 4.19. The van der Waals surface area contributed by atoms with Crippen LogP contribution < -0.4 is 15.4 Å². The van der Waals surface area contributed by atoms with Gasteiger partial charge in [0.25, 0.3) is 0 Å². The van der Waals surface area contributed by atoms with Gasteiger partial charge in [-0.1, -0.05) is 11.6 Å². The van der Waals surface area contributed by atoms with Crippen LogP contribution in [0.3, 0.4) is 0 Å². The van der Waals surface area contributed by atoms with Crippen molar-refractivity contribution in [3.63, 3.8) is 0 Å². The minimum atomic E-state index is 0.568. The number of rotatable bonds is 2. The van der Waals surface area contributed by atoms with Crippen molar-refractivity contribution in [3.05, 3.63) is 17.2 Å². The molecule has 1 aromatic carbocycles. The Morgan fingerprint density at radius 3 is 2.60 bits per heavy atom. The maximum atomic E-state index is 5.98. The van der Waals surface area contributed by atoms with Gasteiger partial charge in [0.2, 0.25) is 0 Å². The van der Waals surface area contributed by atoms with Crippen LogP contribution in [0.5, 0.6) is 5.75 Å². The van der Waals surface area contributed by atoms with Crippen LogP contribution in [-0.4, -0.2) is 20.2 Å². The molecule has 1 aliphatic rings. The average Bonchev–Trinajstić information content (AvgIpc) is 2.71. The van der Waals surface area contributed by atoms with E-state index in [0.29, 0.717) is 10.8 Å². The molecule has 0 atom stereocenters. The van der Waals surface area contributed by atoms with E-state index in [1.165, 1.54) is 12.8 Å². The van der Waals surface area contributed by atoms with Crippen molar-refractivity contribution in [1.82, 2.24) is 0 Å². The zero-order chi connectivity index (χ0) is 10.8. The van der Waals surface area contributed by atoms with Gasteiger partial charge in [0.05, 0.1) is 23.5 Å². The first-order valence-electron chi connectivity index (χ1n) is 5.10. The number of hydrogen-bond donors (Lipinski definition) is 1. The van der Waals surface area contributed by atoms with E-state index >= 15 is 0 Å². The first kappa shape index (κ1) is 10.4. The fourth-order valence-corrected chi connectivity index (χ4v) is 2.20. The van der Waals surface area contributed by atoms with Crippen LogP contribution in [0.2, 0.25) is 5.02 Å². The van der Waals surface area contributed by atoms with Crippen LogP contribution in [0.4, 0.5) is 11.4 Å². The van der Waals surface area contributed by atoms with Gasteiger partial charge < -0.3 is 15.4 Å². The quantitative estimate of drug-likeness (QED) is 0.788. The lowest BCUT2D eigenvalue weighted by molar-refractivity contribution is 0.415. The van der Waals surface area contributed by atoms with Gasteiger partial charge >= 0.3 is 0 Å². The van der Waals surface area contributed by atoms with Crippen LogP contribution in [0.25, 0.3) is 0 Å². The van der Waals surface area contributed by atoms with E-state index in [2.05, 4.69) is 4.90 Å². The van der Waals surface area contributed by atoms with Crippen molar-refractivity contribution in [1.29, 1.82) is 0 Å². The summed E-state index contributed by atoms with van der Waals surface area (Å²) in [5, 5.41) is 0.568. The molecule has 0 aliphatic carbocycles. The lowest BCUT2D eigenvalue weighted by Crippen LogP contribution is -2.19. The molecule has 4 heteroatoms. The maximum Gasteiger partial charge on any atom is 0.139 e. The Labute approximate surface area is 94.8 Å². The average molecular weight is 227 g/mol. The van der Waals surface area contributed by atoms with Gasteiger partial charge in [0, 0.05) is 19.2 Å². The molecule has 1 fully saturated rings. The summed E-state index contributed by atoms with van der Waals surface area (Å²) < 4.78 is 5.19. The normalized spacial score (nSPS) is 15.7. The second-order valence-corrected chi connectivity index (χ2v) is 4.15. The summed E-state index contributed by atoms with van der Waals surface area (Å²) in [6, 6.07) is 3.68. The molecule has 1 heterocycles. The summed E-state index contributed by atoms with van der Waals surface area (Å²) in [6.07, 6.45) is 2.45. The minimum Gasteiger partial charge on any atom is -0.495 e. The summed E-state index contributed by atoms with van der Waals surface area (Å²) >= 11 is 5.98. The first-order chi connectivity index (χ1) is 7.22. The van der Waals surface area contributed by atoms with E-state index in [1.54, 1.807) is 13.2 Å². The molecule has 0 radical (unpaired) electrons. The van der Waals surface area contributed by atoms with Crippen molar-refractivity contribution in [2.45, 2.75) is 12.8 Å². The van der Waals surface area contributed by atoms with Crippen molar-refractivity contribution in [2.24, 2.45) is 0 Å². The molecule has 0 aromatic heterocycles. The Morgan fingerprint density at radius 2 is 2.00 bits per heavy atom. The molecule has 0 bridgehead atoms. The maximum absolute atomic E-state index is 5.98. The van der Waals surface area contributed by atoms with Crippen molar-refractivity contribution in [2.75, 3.05) is 30.8 Å². The van der Waals surface area contributed by atoms with Crippen molar-refractivity contribution in [3.8, 4) is 5.75 Å². The van der Waals surface area contributed by atoms with Crippen LogP contribution in [0.15, 0.2) is 12.1 Å². The Balaban J connectivity index is 2.37. The predicted octanol–water partition coefficient (Wildman–Crippen LogP) is 2.53. The largest absolute Gasteiger partial charge is 0.495 e. The van der Waals surface area contributed by atoms with E-state index in [1.807, 2.05) is 6.07 Å². The molecule has 0 unspecified atom stereocenters. The monoisotopic (exact) mass is 226 g/mol. The molecule has 2 rings (SSSR count). The fourth-order valence-electron chi connectivity index (χ4n) is 1.95. The lowest BCUT2D eigenvalue weighted by atomic mass is 10.2. The topological polar surface area (TPSA) is 38.5 Å². The van der Waals surface area contributed by atoms with Gasteiger partial charge in [-0.3, -0.25) is 0 Å². The molecular weight excluding hydrogens is 212 g/mol. The van der Waals surface area contributed by atoms with E-state index in [0.717, 1.165) is 24.5 Å². The van der Waals surface area contributed by atoms with Gasteiger partial charge in [-0.05, 0) is 18.9 Å². The van der Waals surface area contributed by atoms with Crippen molar-refractivity contribution >= 4 is 23.0 Å². The molecular formula is C11H15ClN2O. The van der Waals surface area contributed by atoms with Gasteiger partial charge in [-0.15, -0.1) is 0 Å². The first-order valence-corrected chi connectivity index (χ1v) is 5.48. The zero-order valence-corrected chi connectivity index (χ0v) is 9.55. The number of nitrogens with zero attached hydrogens (tertiary/aromatic N) is 1.